The van der Waals surface area contributed by atoms with Crippen LogP contribution in [0.3, 0.4) is 0 Å². The van der Waals surface area contributed by atoms with E-state index in [1.807, 2.05) is 0 Å². The number of hydrogen-bond acceptors (Lipinski definition) is 5. The highest BCUT2D eigenvalue weighted by Crippen LogP contribution is 2.24. The van der Waals surface area contributed by atoms with Crippen LogP contribution in [0, 0.1) is 6.92 Å². The van der Waals surface area contributed by atoms with Gasteiger partial charge in [0, 0.05) is 12.4 Å². The Balaban J connectivity index is 2.14. The molecule has 1 amide bonds. The van der Waals surface area contributed by atoms with E-state index < -0.39 is 0 Å². The summed E-state index contributed by atoms with van der Waals surface area (Å²) in [7, 11) is 0. The molecule has 0 saturated carbocycles. The lowest BCUT2D eigenvalue weighted by molar-refractivity contribution is 0.102. The first kappa shape index (κ1) is 10.6. The smallest absolute Gasteiger partial charge is 0.259 e. The number of aromatic nitrogens is 2. The topological polar surface area (TPSA) is 80.9 Å². The number of anilines is 2. The Morgan fingerprint density at radius 3 is 2.94 bits per heavy atom. The molecule has 0 fully saturated rings. The highest BCUT2D eigenvalue weighted by Gasteiger charge is 2.09. The average Bonchev–Trinajstić information content (AvgIpc) is 2.59. The van der Waals surface area contributed by atoms with Gasteiger partial charge in [-0.3, -0.25) is 15.1 Å². The number of nitrogens with one attached hydrogen (secondary N) is 1. The van der Waals surface area contributed by atoms with Gasteiger partial charge in [0.15, 0.2) is 5.13 Å². The molecule has 2 rings (SSSR count). The molecule has 16 heavy (non-hydrogen) atoms. The van der Waals surface area contributed by atoms with Crippen LogP contribution in [0.2, 0.25) is 0 Å². The number of pyridine rings is 1. The van der Waals surface area contributed by atoms with Crippen molar-refractivity contribution < 1.29 is 4.79 Å². The molecule has 0 aliphatic heterocycles. The molecule has 2 aromatic rings. The predicted octanol–water partition coefficient (Wildman–Crippen LogP) is 1.68. The largest absolute Gasteiger partial charge is 0.389 e. The lowest BCUT2D eigenvalue weighted by Crippen LogP contribution is -2.11. The Morgan fingerprint density at radius 1 is 1.56 bits per heavy atom. The zero-order valence-electron chi connectivity index (χ0n) is 8.60. The second-order valence-corrected chi connectivity index (χ2v) is 4.20. The molecule has 2 heterocycles. The standard InChI is InChI=1S/C10H10N4OS/c1-6-8(11)16-10(13-6)14-9(15)7-3-2-4-12-5-7/h2-5H,11H2,1H3,(H,13,14,15). The van der Waals surface area contributed by atoms with Gasteiger partial charge in [0.25, 0.3) is 5.91 Å². The van der Waals surface area contributed by atoms with Crippen LogP contribution in [0.15, 0.2) is 24.5 Å². The minimum absolute atomic E-state index is 0.234. The SMILES string of the molecule is Cc1nc(NC(=O)c2cccnc2)sc1N. The van der Waals surface area contributed by atoms with Crippen molar-refractivity contribution in [2.24, 2.45) is 0 Å². The zero-order valence-corrected chi connectivity index (χ0v) is 9.41. The molecule has 0 aromatic carbocycles. The van der Waals surface area contributed by atoms with Crippen LogP contribution in [0.5, 0.6) is 0 Å². The van der Waals surface area contributed by atoms with Crippen molar-refractivity contribution in [1.29, 1.82) is 0 Å². The van der Waals surface area contributed by atoms with E-state index in [9.17, 15) is 4.79 Å². The second kappa shape index (κ2) is 4.28. The van der Waals surface area contributed by atoms with Crippen LogP contribution in [-0.4, -0.2) is 15.9 Å². The third-order valence-electron chi connectivity index (χ3n) is 1.98. The van der Waals surface area contributed by atoms with Crippen molar-refractivity contribution in [1.82, 2.24) is 9.97 Å². The fourth-order valence-corrected chi connectivity index (χ4v) is 1.86. The first-order valence-corrected chi connectivity index (χ1v) is 5.43. The number of nitrogens with zero attached hydrogens (tertiary/aromatic N) is 2. The fraction of sp³-hybridized carbons (Fsp3) is 0.100. The highest BCUT2D eigenvalue weighted by molar-refractivity contribution is 7.19. The lowest BCUT2D eigenvalue weighted by Gasteiger charge is -1.99. The Morgan fingerprint density at radius 2 is 2.38 bits per heavy atom. The Labute approximate surface area is 96.3 Å². The average molecular weight is 234 g/mol. The van der Waals surface area contributed by atoms with Crippen molar-refractivity contribution in [3.05, 3.63) is 35.8 Å². The number of nitrogens with two attached hydrogens (primary N) is 1. The Bertz CT molecular complexity index is 489. The highest BCUT2D eigenvalue weighted by atomic mass is 32.1. The van der Waals surface area contributed by atoms with Gasteiger partial charge in [-0.25, -0.2) is 4.98 Å². The van der Waals surface area contributed by atoms with Crippen molar-refractivity contribution in [3.8, 4) is 0 Å². The molecule has 3 N–H and O–H groups in total. The van der Waals surface area contributed by atoms with Crippen molar-refractivity contribution in [2.75, 3.05) is 11.1 Å². The molecule has 0 spiro atoms. The number of hydrogen-bond donors (Lipinski definition) is 2. The summed E-state index contributed by atoms with van der Waals surface area (Å²) < 4.78 is 0. The Hall–Kier alpha value is -1.95. The van der Waals surface area contributed by atoms with Crippen molar-refractivity contribution >= 4 is 27.4 Å². The molecule has 0 unspecified atom stereocenters. The van der Waals surface area contributed by atoms with Crippen LogP contribution in [-0.2, 0) is 0 Å². The normalized spacial score (nSPS) is 10.1. The summed E-state index contributed by atoms with van der Waals surface area (Å²) in [4.78, 5) is 19.7. The predicted molar refractivity (Wildman–Crippen MR) is 63.5 cm³/mol. The third-order valence-corrected chi connectivity index (χ3v) is 2.88. The molecule has 0 saturated heterocycles. The molecule has 0 aliphatic rings. The van der Waals surface area contributed by atoms with Gasteiger partial charge in [0.05, 0.1) is 11.3 Å². The van der Waals surface area contributed by atoms with Crippen LogP contribution in [0.25, 0.3) is 0 Å². The summed E-state index contributed by atoms with van der Waals surface area (Å²) >= 11 is 1.25. The first-order chi connectivity index (χ1) is 7.66. The van der Waals surface area contributed by atoms with Gasteiger partial charge < -0.3 is 5.73 Å². The van der Waals surface area contributed by atoms with E-state index in [0.717, 1.165) is 5.69 Å². The zero-order chi connectivity index (χ0) is 11.5. The maximum Gasteiger partial charge on any atom is 0.259 e. The van der Waals surface area contributed by atoms with Crippen LogP contribution in [0.4, 0.5) is 10.1 Å². The number of nitrogen functional groups attached to an aromatic ring is 1. The number of carbonyl (C=O) groups excluding carboxylic acids is 1. The number of aryl methyl sites for hydroxylation is 1. The van der Waals surface area contributed by atoms with Gasteiger partial charge in [-0.05, 0) is 19.1 Å². The van der Waals surface area contributed by atoms with Gasteiger partial charge >= 0.3 is 0 Å². The third kappa shape index (κ3) is 2.17. The van der Waals surface area contributed by atoms with E-state index in [0.29, 0.717) is 15.7 Å². The van der Waals surface area contributed by atoms with Gasteiger partial charge in [0.2, 0.25) is 0 Å². The van der Waals surface area contributed by atoms with E-state index in [-0.39, 0.29) is 5.91 Å². The summed E-state index contributed by atoms with van der Waals surface area (Å²) in [5, 5.41) is 3.78. The lowest BCUT2D eigenvalue weighted by atomic mass is 10.3. The number of thiazole rings is 1. The molecule has 0 bridgehead atoms. The van der Waals surface area contributed by atoms with Crippen LogP contribution < -0.4 is 11.1 Å². The number of amides is 1. The molecular formula is C10H10N4OS. The summed E-state index contributed by atoms with van der Waals surface area (Å²) in [6, 6.07) is 3.39. The molecule has 0 atom stereocenters. The van der Waals surface area contributed by atoms with E-state index >= 15 is 0 Å². The first-order valence-electron chi connectivity index (χ1n) is 4.61. The van der Waals surface area contributed by atoms with Gasteiger partial charge in [-0.1, -0.05) is 11.3 Å². The molecular weight excluding hydrogens is 224 g/mol. The summed E-state index contributed by atoms with van der Waals surface area (Å²) in [5.41, 5.74) is 6.87. The van der Waals surface area contributed by atoms with Gasteiger partial charge in [-0.15, -0.1) is 0 Å². The van der Waals surface area contributed by atoms with E-state index in [1.54, 1.807) is 25.3 Å². The summed E-state index contributed by atoms with van der Waals surface area (Å²) in [5.74, 6) is -0.234. The Kier molecular flexibility index (Phi) is 2.82. The minimum atomic E-state index is -0.234. The maximum atomic E-state index is 11.7. The van der Waals surface area contributed by atoms with Gasteiger partial charge in [0.1, 0.15) is 5.00 Å². The summed E-state index contributed by atoms with van der Waals surface area (Å²) in [6.45, 7) is 1.80. The second-order valence-electron chi connectivity index (χ2n) is 3.16. The molecule has 2 aromatic heterocycles. The molecule has 5 nitrogen and oxygen atoms in total. The molecule has 0 radical (unpaired) electrons. The quantitative estimate of drug-likeness (QED) is 0.828. The van der Waals surface area contributed by atoms with E-state index in [4.69, 9.17) is 5.73 Å². The number of rotatable bonds is 2. The van der Waals surface area contributed by atoms with Crippen LogP contribution >= 0.6 is 11.3 Å². The summed E-state index contributed by atoms with van der Waals surface area (Å²) in [6.07, 6.45) is 3.11. The molecule has 82 valence electrons. The van der Waals surface area contributed by atoms with Gasteiger partial charge in [-0.2, -0.15) is 0 Å². The fourth-order valence-electron chi connectivity index (χ4n) is 1.13. The van der Waals surface area contributed by atoms with E-state index in [1.165, 1.54) is 17.5 Å². The monoisotopic (exact) mass is 234 g/mol. The van der Waals surface area contributed by atoms with Crippen molar-refractivity contribution in [2.45, 2.75) is 6.92 Å². The maximum absolute atomic E-state index is 11.7. The number of carbonyl (C=O) groups is 1. The molecule has 6 heteroatoms. The minimum Gasteiger partial charge on any atom is -0.389 e. The molecule has 0 aliphatic carbocycles. The van der Waals surface area contributed by atoms with Crippen LogP contribution in [0.1, 0.15) is 16.1 Å². The van der Waals surface area contributed by atoms with E-state index in [2.05, 4.69) is 15.3 Å². The van der Waals surface area contributed by atoms with Crippen molar-refractivity contribution in [3.63, 3.8) is 0 Å².